The van der Waals surface area contributed by atoms with Gasteiger partial charge < -0.3 is 5.32 Å². The number of carbonyl (C=O) groups is 1. The normalized spacial score (nSPS) is 17.3. The summed E-state index contributed by atoms with van der Waals surface area (Å²) in [6, 6.07) is 5.60. The molecule has 0 radical (unpaired) electrons. The molecule has 15 heavy (non-hydrogen) atoms. The van der Waals surface area contributed by atoms with Crippen LogP contribution in [-0.4, -0.2) is 11.4 Å². The number of rotatable bonds is 2. The van der Waals surface area contributed by atoms with Crippen molar-refractivity contribution in [3.8, 4) is 0 Å². The molecule has 0 saturated heterocycles. The van der Waals surface area contributed by atoms with Gasteiger partial charge in [-0.3, -0.25) is 4.79 Å². The molecule has 0 unspecified atom stereocenters. The number of hydrogen-bond acceptors (Lipinski definition) is 1. The highest BCUT2D eigenvalue weighted by Crippen LogP contribution is 2.35. The average molecular weight is 333 g/mol. The Balaban J connectivity index is 2.21. The summed E-state index contributed by atoms with van der Waals surface area (Å²) in [4.78, 5) is 11.9. The number of amides is 1. The molecule has 1 fully saturated rings. The van der Waals surface area contributed by atoms with Gasteiger partial charge in [0.15, 0.2) is 0 Å². The standard InChI is InChI=1S/C11H11Br2NO/c1-11(4-5-11)14-10(15)8-6-7(12)2-3-9(8)13/h2-3,6H,4-5H2,1H3,(H,14,15). The molecule has 1 amide bonds. The van der Waals surface area contributed by atoms with E-state index in [1.54, 1.807) is 0 Å². The van der Waals surface area contributed by atoms with E-state index in [4.69, 9.17) is 0 Å². The molecule has 1 aliphatic rings. The molecule has 2 nitrogen and oxygen atoms in total. The van der Waals surface area contributed by atoms with E-state index in [-0.39, 0.29) is 11.4 Å². The smallest absolute Gasteiger partial charge is 0.252 e. The molecule has 1 aromatic carbocycles. The lowest BCUT2D eigenvalue weighted by Gasteiger charge is -2.12. The van der Waals surface area contributed by atoms with Crippen LogP contribution in [0.25, 0.3) is 0 Å². The number of hydrogen-bond donors (Lipinski definition) is 1. The van der Waals surface area contributed by atoms with Crippen molar-refractivity contribution in [1.82, 2.24) is 5.32 Å². The Bertz CT molecular complexity index is 413. The minimum atomic E-state index is -0.0109. The molecule has 0 atom stereocenters. The predicted octanol–water partition coefficient (Wildman–Crippen LogP) is 3.49. The first kappa shape index (κ1) is 11.1. The fourth-order valence-electron chi connectivity index (χ4n) is 1.33. The van der Waals surface area contributed by atoms with Gasteiger partial charge >= 0.3 is 0 Å². The van der Waals surface area contributed by atoms with Crippen LogP contribution in [0, 0.1) is 0 Å². The van der Waals surface area contributed by atoms with Gasteiger partial charge in [-0.15, -0.1) is 0 Å². The molecular weight excluding hydrogens is 322 g/mol. The predicted molar refractivity (Wildman–Crippen MR) is 66.9 cm³/mol. The maximum Gasteiger partial charge on any atom is 0.252 e. The average Bonchev–Trinajstić information content (AvgIpc) is 2.87. The van der Waals surface area contributed by atoms with E-state index >= 15 is 0 Å². The lowest BCUT2D eigenvalue weighted by Crippen LogP contribution is -2.34. The Labute approximate surface area is 106 Å². The topological polar surface area (TPSA) is 29.1 Å². The Morgan fingerprint density at radius 1 is 1.40 bits per heavy atom. The van der Waals surface area contributed by atoms with Crippen molar-refractivity contribution in [2.45, 2.75) is 25.3 Å². The fourth-order valence-corrected chi connectivity index (χ4v) is 2.11. The number of carbonyl (C=O) groups excluding carboxylic acids is 1. The Kier molecular flexibility index (Phi) is 2.90. The third-order valence-corrected chi connectivity index (χ3v) is 3.77. The summed E-state index contributed by atoms with van der Waals surface area (Å²) in [6.07, 6.45) is 2.15. The Morgan fingerprint density at radius 2 is 2.07 bits per heavy atom. The highest BCUT2D eigenvalue weighted by molar-refractivity contribution is 9.11. The Morgan fingerprint density at radius 3 is 2.67 bits per heavy atom. The van der Waals surface area contributed by atoms with Crippen LogP contribution in [0.15, 0.2) is 27.1 Å². The van der Waals surface area contributed by atoms with Crippen LogP contribution in [0.3, 0.4) is 0 Å². The molecule has 2 rings (SSSR count). The summed E-state index contributed by atoms with van der Waals surface area (Å²) in [7, 11) is 0. The molecule has 4 heteroatoms. The monoisotopic (exact) mass is 331 g/mol. The van der Waals surface area contributed by atoms with Crippen molar-refractivity contribution in [2.75, 3.05) is 0 Å². The number of halogens is 2. The van der Waals surface area contributed by atoms with Crippen LogP contribution in [0.4, 0.5) is 0 Å². The van der Waals surface area contributed by atoms with Crippen molar-refractivity contribution in [1.29, 1.82) is 0 Å². The second kappa shape index (κ2) is 3.91. The van der Waals surface area contributed by atoms with Crippen molar-refractivity contribution in [3.05, 3.63) is 32.7 Å². The minimum Gasteiger partial charge on any atom is -0.347 e. The zero-order valence-electron chi connectivity index (χ0n) is 8.31. The van der Waals surface area contributed by atoms with Gasteiger partial charge in [-0.05, 0) is 53.9 Å². The van der Waals surface area contributed by atoms with E-state index in [1.165, 1.54) is 0 Å². The second-order valence-corrected chi connectivity index (χ2v) is 5.91. The Hall–Kier alpha value is -0.350. The fraction of sp³-hybridized carbons (Fsp3) is 0.364. The first-order valence-corrected chi connectivity index (χ1v) is 6.36. The molecule has 0 heterocycles. The molecular formula is C11H11Br2NO. The van der Waals surface area contributed by atoms with Gasteiger partial charge in [0.25, 0.3) is 5.91 Å². The highest BCUT2D eigenvalue weighted by Gasteiger charge is 2.39. The van der Waals surface area contributed by atoms with Gasteiger partial charge in [0.05, 0.1) is 5.56 Å². The maximum atomic E-state index is 11.9. The van der Waals surface area contributed by atoms with Gasteiger partial charge in [0.1, 0.15) is 0 Å². The minimum absolute atomic E-state index is 0.0109. The summed E-state index contributed by atoms with van der Waals surface area (Å²) in [5, 5.41) is 3.02. The second-order valence-electron chi connectivity index (χ2n) is 4.14. The zero-order chi connectivity index (χ0) is 11.1. The van der Waals surface area contributed by atoms with Crippen molar-refractivity contribution in [3.63, 3.8) is 0 Å². The first-order chi connectivity index (χ1) is 7.00. The molecule has 0 aliphatic heterocycles. The van der Waals surface area contributed by atoms with Gasteiger partial charge in [-0.2, -0.15) is 0 Å². The molecule has 1 N–H and O–H groups in total. The van der Waals surface area contributed by atoms with Crippen LogP contribution < -0.4 is 5.32 Å². The van der Waals surface area contributed by atoms with E-state index < -0.39 is 0 Å². The van der Waals surface area contributed by atoms with Gasteiger partial charge in [0.2, 0.25) is 0 Å². The van der Waals surface area contributed by atoms with E-state index in [1.807, 2.05) is 18.2 Å². The molecule has 0 aromatic heterocycles. The highest BCUT2D eigenvalue weighted by atomic mass is 79.9. The summed E-state index contributed by atoms with van der Waals surface area (Å²) in [5.74, 6) is -0.0109. The first-order valence-electron chi connectivity index (χ1n) is 4.78. The van der Waals surface area contributed by atoms with Crippen LogP contribution in [0.1, 0.15) is 30.1 Å². The largest absolute Gasteiger partial charge is 0.347 e. The quantitative estimate of drug-likeness (QED) is 0.882. The van der Waals surface area contributed by atoms with Gasteiger partial charge in [0, 0.05) is 14.5 Å². The molecule has 80 valence electrons. The summed E-state index contributed by atoms with van der Waals surface area (Å²) < 4.78 is 1.74. The SMILES string of the molecule is CC1(NC(=O)c2cc(Br)ccc2Br)CC1. The summed E-state index contributed by atoms with van der Waals surface area (Å²) in [6.45, 7) is 2.07. The van der Waals surface area contributed by atoms with Gasteiger partial charge in [-0.1, -0.05) is 15.9 Å². The van der Waals surface area contributed by atoms with Crippen molar-refractivity contribution >= 4 is 37.8 Å². The molecule has 0 bridgehead atoms. The molecule has 1 saturated carbocycles. The number of benzene rings is 1. The van der Waals surface area contributed by atoms with Crippen LogP contribution in [0.5, 0.6) is 0 Å². The molecule has 0 spiro atoms. The lowest BCUT2D eigenvalue weighted by atomic mass is 10.2. The number of nitrogens with one attached hydrogen (secondary N) is 1. The summed E-state index contributed by atoms with van der Waals surface area (Å²) in [5.41, 5.74) is 0.705. The van der Waals surface area contributed by atoms with Crippen LogP contribution in [0.2, 0.25) is 0 Å². The third kappa shape index (κ3) is 2.61. The lowest BCUT2D eigenvalue weighted by molar-refractivity contribution is 0.0934. The van der Waals surface area contributed by atoms with E-state index in [2.05, 4.69) is 44.1 Å². The maximum absolute atomic E-state index is 11.9. The summed E-state index contributed by atoms with van der Waals surface area (Å²) >= 11 is 6.74. The molecule has 1 aliphatic carbocycles. The van der Waals surface area contributed by atoms with E-state index in [0.717, 1.165) is 21.8 Å². The van der Waals surface area contributed by atoms with E-state index in [9.17, 15) is 4.79 Å². The van der Waals surface area contributed by atoms with E-state index in [0.29, 0.717) is 5.56 Å². The van der Waals surface area contributed by atoms with Crippen LogP contribution >= 0.6 is 31.9 Å². The molecule has 1 aromatic rings. The third-order valence-electron chi connectivity index (χ3n) is 2.59. The van der Waals surface area contributed by atoms with Crippen molar-refractivity contribution in [2.24, 2.45) is 0 Å². The van der Waals surface area contributed by atoms with Crippen molar-refractivity contribution < 1.29 is 4.79 Å². The zero-order valence-corrected chi connectivity index (χ0v) is 11.5. The van der Waals surface area contributed by atoms with Crippen LogP contribution in [-0.2, 0) is 0 Å². The van der Waals surface area contributed by atoms with Gasteiger partial charge in [-0.25, -0.2) is 0 Å².